The van der Waals surface area contributed by atoms with E-state index in [1.165, 1.54) is 12.0 Å². The molecule has 0 spiro atoms. The average molecular weight is 344 g/mol. The molecule has 0 unspecified atom stereocenters. The quantitative estimate of drug-likeness (QED) is 0.813. The maximum atomic E-state index is 12.5. The van der Waals surface area contributed by atoms with Gasteiger partial charge in [-0.3, -0.25) is 9.59 Å². The molecule has 1 fully saturated rings. The molecule has 0 aromatic heterocycles. The van der Waals surface area contributed by atoms with Crippen LogP contribution in [0.2, 0.25) is 0 Å². The van der Waals surface area contributed by atoms with Crippen LogP contribution in [0.25, 0.3) is 0 Å². The van der Waals surface area contributed by atoms with Crippen LogP contribution >= 0.6 is 0 Å². The largest absolute Gasteiger partial charge is 0.353 e. The van der Waals surface area contributed by atoms with E-state index in [1.54, 1.807) is 4.90 Å². The molecule has 1 heterocycles. The zero-order valence-corrected chi connectivity index (χ0v) is 16.3. The van der Waals surface area contributed by atoms with Gasteiger partial charge in [0.25, 0.3) is 0 Å². The Balaban J connectivity index is 1.90. The molecule has 2 atom stereocenters. The van der Waals surface area contributed by atoms with Crippen molar-refractivity contribution in [3.8, 4) is 0 Å². The van der Waals surface area contributed by atoms with E-state index in [2.05, 4.69) is 33.0 Å². The van der Waals surface area contributed by atoms with Gasteiger partial charge in [-0.25, -0.2) is 0 Å². The van der Waals surface area contributed by atoms with E-state index in [4.69, 9.17) is 0 Å². The summed E-state index contributed by atoms with van der Waals surface area (Å²) in [5.41, 5.74) is 3.27. The average Bonchev–Trinajstić information content (AvgIpc) is 2.91. The Kier molecular flexibility index (Phi) is 6.63. The molecule has 2 rings (SSSR count). The number of carbonyl (C=O) groups excluding carboxylic acids is 2. The number of hydrogen-bond acceptors (Lipinski definition) is 2. The van der Waals surface area contributed by atoms with Gasteiger partial charge in [0.2, 0.25) is 11.8 Å². The van der Waals surface area contributed by atoms with Crippen LogP contribution in [0.4, 0.5) is 5.69 Å². The van der Waals surface area contributed by atoms with Crippen molar-refractivity contribution < 1.29 is 9.59 Å². The fourth-order valence-electron chi connectivity index (χ4n) is 3.29. The smallest absolute Gasteiger partial charge is 0.227 e. The lowest BCUT2D eigenvalue weighted by molar-refractivity contribution is -0.126. The summed E-state index contributed by atoms with van der Waals surface area (Å²) in [4.78, 5) is 26.6. The molecule has 0 saturated carbocycles. The van der Waals surface area contributed by atoms with E-state index < -0.39 is 0 Å². The normalized spacial score (nSPS) is 18.7. The Morgan fingerprint density at radius 3 is 2.56 bits per heavy atom. The Morgan fingerprint density at radius 1 is 1.20 bits per heavy atom. The van der Waals surface area contributed by atoms with E-state index in [9.17, 15) is 9.59 Å². The highest BCUT2D eigenvalue weighted by molar-refractivity contribution is 6.00. The van der Waals surface area contributed by atoms with Crippen LogP contribution in [-0.4, -0.2) is 24.4 Å². The number of hydrogen-bond donors (Lipinski definition) is 1. The zero-order chi connectivity index (χ0) is 18.6. The van der Waals surface area contributed by atoms with E-state index in [0.717, 1.165) is 24.1 Å². The molecule has 1 aliphatic rings. The molecule has 138 valence electrons. The highest BCUT2D eigenvalue weighted by Gasteiger charge is 2.35. The summed E-state index contributed by atoms with van der Waals surface area (Å²) in [6, 6.07) is 6.19. The molecular weight excluding hydrogens is 312 g/mol. The van der Waals surface area contributed by atoms with Crippen LogP contribution in [0, 0.1) is 25.7 Å². The van der Waals surface area contributed by atoms with Gasteiger partial charge in [0.15, 0.2) is 0 Å². The first-order valence-electron chi connectivity index (χ1n) is 9.46. The van der Waals surface area contributed by atoms with E-state index in [-0.39, 0.29) is 23.8 Å². The second-order valence-electron chi connectivity index (χ2n) is 7.91. The van der Waals surface area contributed by atoms with E-state index in [0.29, 0.717) is 18.9 Å². The van der Waals surface area contributed by atoms with Crippen molar-refractivity contribution in [2.24, 2.45) is 11.8 Å². The van der Waals surface area contributed by atoms with Crippen molar-refractivity contribution in [1.82, 2.24) is 5.32 Å². The van der Waals surface area contributed by atoms with Crippen molar-refractivity contribution in [2.45, 2.75) is 66.3 Å². The monoisotopic (exact) mass is 344 g/mol. The number of anilines is 1. The summed E-state index contributed by atoms with van der Waals surface area (Å²) in [7, 11) is 0. The highest BCUT2D eigenvalue weighted by Crippen LogP contribution is 2.27. The van der Waals surface area contributed by atoms with Gasteiger partial charge >= 0.3 is 0 Å². The van der Waals surface area contributed by atoms with Gasteiger partial charge in [-0.15, -0.1) is 0 Å². The van der Waals surface area contributed by atoms with Gasteiger partial charge in [0.05, 0.1) is 5.92 Å². The maximum Gasteiger partial charge on any atom is 0.227 e. The Bertz CT molecular complexity index is 624. The molecule has 0 radical (unpaired) electrons. The lowest BCUT2D eigenvalue weighted by Crippen LogP contribution is -2.38. The number of carbonyl (C=O) groups is 2. The van der Waals surface area contributed by atoms with Crippen LogP contribution < -0.4 is 10.2 Å². The summed E-state index contributed by atoms with van der Waals surface area (Å²) in [5, 5.41) is 3.09. The molecule has 4 nitrogen and oxygen atoms in total. The minimum absolute atomic E-state index is 0.0109. The summed E-state index contributed by atoms with van der Waals surface area (Å²) >= 11 is 0. The zero-order valence-electron chi connectivity index (χ0n) is 16.3. The molecule has 1 aliphatic heterocycles. The van der Waals surface area contributed by atoms with Crippen LogP contribution in [0.3, 0.4) is 0 Å². The van der Waals surface area contributed by atoms with Gasteiger partial charge in [0, 0.05) is 24.7 Å². The predicted molar refractivity (Wildman–Crippen MR) is 103 cm³/mol. The van der Waals surface area contributed by atoms with Crippen molar-refractivity contribution in [3.63, 3.8) is 0 Å². The molecule has 1 aromatic rings. The number of benzene rings is 1. The molecule has 1 N–H and O–H groups in total. The summed E-state index contributed by atoms with van der Waals surface area (Å²) in [6.07, 6.45) is 3.60. The van der Waals surface area contributed by atoms with Crippen molar-refractivity contribution >= 4 is 17.5 Å². The lowest BCUT2D eigenvalue weighted by atomic mass is 10.0. The summed E-state index contributed by atoms with van der Waals surface area (Å²) in [6.45, 7) is 11.1. The fourth-order valence-corrected chi connectivity index (χ4v) is 3.29. The summed E-state index contributed by atoms with van der Waals surface area (Å²) < 4.78 is 0. The SMILES string of the molecule is Cc1ccc(N2C[C@@H](C(=O)N[C@H](C)CCCC(C)C)CC2=O)cc1C. The number of nitrogens with one attached hydrogen (secondary N) is 1. The first-order valence-corrected chi connectivity index (χ1v) is 9.46. The highest BCUT2D eigenvalue weighted by atomic mass is 16.2. The van der Waals surface area contributed by atoms with Gasteiger partial charge in [0.1, 0.15) is 0 Å². The number of rotatable bonds is 7. The fraction of sp³-hybridized carbons (Fsp3) is 0.619. The predicted octanol–water partition coefficient (Wildman–Crippen LogP) is 3.99. The summed E-state index contributed by atoms with van der Waals surface area (Å²) in [5.74, 6) is 0.496. The number of nitrogens with zero attached hydrogens (tertiary/aromatic N) is 1. The molecule has 2 amide bonds. The van der Waals surface area contributed by atoms with Crippen LogP contribution in [0.15, 0.2) is 18.2 Å². The Hall–Kier alpha value is -1.84. The number of amides is 2. The Labute approximate surface area is 152 Å². The van der Waals surface area contributed by atoms with Crippen molar-refractivity contribution in [3.05, 3.63) is 29.3 Å². The van der Waals surface area contributed by atoms with Crippen molar-refractivity contribution in [1.29, 1.82) is 0 Å². The van der Waals surface area contributed by atoms with E-state index in [1.807, 2.05) is 25.1 Å². The third-order valence-electron chi connectivity index (χ3n) is 5.11. The molecule has 0 aliphatic carbocycles. The minimum Gasteiger partial charge on any atom is -0.353 e. The maximum absolute atomic E-state index is 12.5. The standard InChI is InChI=1S/C21H32N2O2/c1-14(2)7-6-8-17(5)22-21(25)18-12-20(24)23(13-18)19-10-9-15(3)16(4)11-19/h9-11,14,17-18H,6-8,12-13H2,1-5H3,(H,22,25)/t17-,18+/m1/s1. The minimum atomic E-state index is -0.248. The second kappa shape index (κ2) is 8.50. The second-order valence-corrected chi connectivity index (χ2v) is 7.91. The van der Waals surface area contributed by atoms with Crippen LogP contribution in [0.1, 0.15) is 57.6 Å². The van der Waals surface area contributed by atoms with Gasteiger partial charge in [-0.2, -0.15) is 0 Å². The Morgan fingerprint density at radius 2 is 1.92 bits per heavy atom. The molecule has 25 heavy (non-hydrogen) atoms. The van der Waals surface area contributed by atoms with Gasteiger partial charge in [-0.1, -0.05) is 32.8 Å². The molecular formula is C21H32N2O2. The third-order valence-corrected chi connectivity index (χ3v) is 5.11. The molecule has 0 bridgehead atoms. The lowest BCUT2D eigenvalue weighted by Gasteiger charge is -2.19. The molecule has 1 aromatic carbocycles. The molecule has 4 heteroatoms. The van der Waals surface area contributed by atoms with Crippen LogP contribution in [0.5, 0.6) is 0 Å². The van der Waals surface area contributed by atoms with Gasteiger partial charge in [-0.05, 0) is 56.4 Å². The topological polar surface area (TPSA) is 49.4 Å². The van der Waals surface area contributed by atoms with Crippen LogP contribution in [-0.2, 0) is 9.59 Å². The molecule has 1 saturated heterocycles. The number of aryl methyl sites for hydroxylation is 2. The third kappa shape index (κ3) is 5.32. The first kappa shape index (κ1) is 19.5. The first-order chi connectivity index (χ1) is 11.8. The van der Waals surface area contributed by atoms with Crippen molar-refractivity contribution in [2.75, 3.05) is 11.4 Å². The van der Waals surface area contributed by atoms with Gasteiger partial charge < -0.3 is 10.2 Å². The van der Waals surface area contributed by atoms with E-state index >= 15 is 0 Å².